The Morgan fingerprint density at radius 1 is 1.20 bits per heavy atom. The molecule has 0 radical (unpaired) electrons. The molecule has 0 spiro atoms. The molecule has 0 saturated carbocycles. The number of ether oxygens (including phenoxy) is 1. The number of nitrogens with one attached hydrogen (secondary N) is 1. The van der Waals surface area contributed by atoms with E-state index in [1.807, 2.05) is 49.0 Å². The number of aryl methyl sites for hydroxylation is 2. The number of rotatable bonds is 5. The van der Waals surface area contributed by atoms with Crippen LogP contribution in [0.3, 0.4) is 0 Å². The van der Waals surface area contributed by atoms with E-state index in [0.717, 1.165) is 17.0 Å². The molecule has 1 N–H and O–H groups in total. The molecule has 0 aliphatic rings. The molecule has 128 valence electrons. The molecule has 1 heterocycles. The highest BCUT2D eigenvalue weighted by Crippen LogP contribution is 2.22. The lowest BCUT2D eigenvalue weighted by molar-refractivity contribution is 0.0941. The number of methoxy groups -OCH3 is 1. The van der Waals surface area contributed by atoms with Gasteiger partial charge >= 0.3 is 0 Å². The molecule has 0 bridgehead atoms. The third-order valence-corrected chi connectivity index (χ3v) is 4.10. The van der Waals surface area contributed by atoms with Crippen LogP contribution >= 0.6 is 0 Å². The molecule has 0 aliphatic heterocycles. The first-order valence-corrected chi connectivity index (χ1v) is 8.07. The molecule has 3 rings (SSSR count). The van der Waals surface area contributed by atoms with Gasteiger partial charge in [0, 0.05) is 25.0 Å². The predicted molar refractivity (Wildman–Crippen MR) is 96.7 cm³/mol. The molecule has 0 fully saturated rings. The summed E-state index contributed by atoms with van der Waals surface area (Å²) in [6.45, 7) is 2.03. The third-order valence-electron chi connectivity index (χ3n) is 4.10. The van der Waals surface area contributed by atoms with Gasteiger partial charge in [0.1, 0.15) is 17.6 Å². The van der Waals surface area contributed by atoms with Crippen LogP contribution in [-0.2, 0) is 7.05 Å². The standard InChI is InChI=1S/C20H21N3O2/c1-14-6-4-7-15(12-14)18(19-21-10-11-23(19)2)22-20(24)16-8-5-9-17(13-16)25-3/h4-13,18H,1-3H3,(H,22,24). The summed E-state index contributed by atoms with van der Waals surface area (Å²) in [6.07, 6.45) is 3.60. The summed E-state index contributed by atoms with van der Waals surface area (Å²) < 4.78 is 7.12. The molecule has 1 amide bonds. The first-order chi connectivity index (χ1) is 12.1. The van der Waals surface area contributed by atoms with Gasteiger partial charge in [-0.2, -0.15) is 0 Å². The molecule has 3 aromatic rings. The Kier molecular flexibility index (Phi) is 4.84. The number of carbonyl (C=O) groups is 1. The van der Waals surface area contributed by atoms with Gasteiger partial charge in [-0.05, 0) is 30.7 Å². The zero-order valence-electron chi connectivity index (χ0n) is 14.6. The Bertz CT molecular complexity index is 886. The van der Waals surface area contributed by atoms with Gasteiger partial charge in [0.15, 0.2) is 0 Å². The van der Waals surface area contributed by atoms with Gasteiger partial charge < -0.3 is 14.6 Å². The average molecular weight is 335 g/mol. The van der Waals surface area contributed by atoms with Gasteiger partial charge in [-0.15, -0.1) is 0 Å². The summed E-state index contributed by atoms with van der Waals surface area (Å²) in [6, 6.07) is 14.8. The van der Waals surface area contributed by atoms with Crippen molar-refractivity contribution in [2.24, 2.45) is 7.05 Å². The first kappa shape index (κ1) is 16.8. The van der Waals surface area contributed by atoms with Gasteiger partial charge in [0.05, 0.1) is 7.11 Å². The molecule has 1 aromatic heterocycles. The maximum absolute atomic E-state index is 12.8. The number of amides is 1. The summed E-state index contributed by atoms with van der Waals surface area (Å²) >= 11 is 0. The normalized spacial score (nSPS) is 11.8. The number of imidazole rings is 1. The summed E-state index contributed by atoms with van der Waals surface area (Å²) in [5, 5.41) is 3.09. The van der Waals surface area contributed by atoms with E-state index in [4.69, 9.17) is 4.74 Å². The first-order valence-electron chi connectivity index (χ1n) is 8.07. The molecule has 5 nitrogen and oxygen atoms in total. The fourth-order valence-corrected chi connectivity index (χ4v) is 2.78. The Balaban J connectivity index is 1.95. The van der Waals surface area contributed by atoms with Crippen molar-refractivity contribution in [1.82, 2.24) is 14.9 Å². The van der Waals surface area contributed by atoms with Gasteiger partial charge in [0.2, 0.25) is 0 Å². The zero-order valence-corrected chi connectivity index (χ0v) is 14.6. The SMILES string of the molecule is COc1cccc(C(=O)NC(c2cccc(C)c2)c2nccn2C)c1. The summed E-state index contributed by atoms with van der Waals surface area (Å²) in [5.74, 6) is 1.26. The van der Waals surface area contributed by atoms with E-state index in [-0.39, 0.29) is 11.9 Å². The smallest absolute Gasteiger partial charge is 0.252 e. The van der Waals surface area contributed by atoms with Crippen molar-refractivity contribution in [2.45, 2.75) is 13.0 Å². The van der Waals surface area contributed by atoms with E-state index in [9.17, 15) is 4.79 Å². The number of nitrogens with zero attached hydrogens (tertiary/aromatic N) is 2. The highest BCUT2D eigenvalue weighted by atomic mass is 16.5. The van der Waals surface area contributed by atoms with E-state index in [0.29, 0.717) is 11.3 Å². The quantitative estimate of drug-likeness (QED) is 0.779. The fraction of sp³-hybridized carbons (Fsp3) is 0.200. The van der Waals surface area contributed by atoms with E-state index in [1.165, 1.54) is 0 Å². The Morgan fingerprint density at radius 2 is 2.00 bits per heavy atom. The van der Waals surface area contributed by atoms with Crippen LogP contribution in [0, 0.1) is 6.92 Å². The van der Waals surface area contributed by atoms with E-state index in [1.54, 1.807) is 31.5 Å². The van der Waals surface area contributed by atoms with Crippen molar-refractivity contribution in [3.05, 3.63) is 83.4 Å². The predicted octanol–water partition coefficient (Wildman–Crippen LogP) is 3.26. The molecule has 0 aliphatic carbocycles. The minimum Gasteiger partial charge on any atom is -0.497 e. The van der Waals surface area contributed by atoms with E-state index < -0.39 is 0 Å². The van der Waals surface area contributed by atoms with Crippen LogP contribution < -0.4 is 10.1 Å². The summed E-state index contributed by atoms with van der Waals surface area (Å²) in [4.78, 5) is 17.2. The molecular weight excluding hydrogens is 314 g/mol. The van der Waals surface area contributed by atoms with Crippen molar-refractivity contribution in [2.75, 3.05) is 7.11 Å². The van der Waals surface area contributed by atoms with Gasteiger partial charge in [0.25, 0.3) is 5.91 Å². The van der Waals surface area contributed by atoms with Crippen molar-refractivity contribution < 1.29 is 9.53 Å². The van der Waals surface area contributed by atoms with E-state index in [2.05, 4.69) is 16.4 Å². The second kappa shape index (κ2) is 7.21. The van der Waals surface area contributed by atoms with Crippen LogP contribution in [0.4, 0.5) is 0 Å². The second-order valence-corrected chi connectivity index (χ2v) is 5.95. The van der Waals surface area contributed by atoms with Gasteiger partial charge in [-0.1, -0.05) is 35.9 Å². The van der Waals surface area contributed by atoms with Crippen molar-refractivity contribution in [1.29, 1.82) is 0 Å². The van der Waals surface area contributed by atoms with Crippen molar-refractivity contribution in [3.8, 4) is 5.75 Å². The van der Waals surface area contributed by atoms with Gasteiger partial charge in [-0.25, -0.2) is 4.98 Å². The van der Waals surface area contributed by atoms with Crippen molar-refractivity contribution in [3.63, 3.8) is 0 Å². The maximum Gasteiger partial charge on any atom is 0.252 e. The molecule has 0 saturated heterocycles. The highest BCUT2D eigenvalue weighted by molar-refractivity contribution is 5.95. The summed E-state index contributed by atoms with van der Waals surface area (Å²) in [7, 11) is 3.50. The van der Waals surface area contributed by atoms with Crippen LogP contribution in [0.1, 0.15) is 33.4 Å². The third kappa shape index (κ3) is 3.71. The monoisotopic (exact) mass is 335 g/mol. The van der Waals surface area contributed by atoms with Crippen LogP contribution in [0.2, 0.25) is 0 Å². The summed E-state index contributed by atoms with van der Waals surface area (Å²) in [5.41, 5.74) is 2.67. The van der Waals surface area contributed by atoms with Crippen LogP contribution in [-0.4, -0.2) is 22.6 Å². The van der Waals surface area contributed by atoms with Crippen LogP contribution in [0.15, 0.2) is 60.9 Å². The largest absolute Gasteiger partial charge is 0.497 e. The molecule has 1 unspecified atom stereocenters. The molecule has 2 aromatic carbocycles. The average Bonchev–Trinajstić information content (AvgIpc) is 3.05. The van der Waals surface area contributed by atoms with E-state index >= 15 is 0 Å². The Hall–Kier alpha value is -3.08. The number of hydrogen-bond donors (Lipinski definition) is 1. The maximum atomic E-state index is 12.8. The molecular formula is C20H21N3O2. The molecule has 1 atom stereocenters. The Labute approximate surface area is 147 Å². The molecule has 25 heavy (non-hydrogen) atoms. The lowest BCUT2D eigenvalue weighted by Crippen LogP contribution is -2.31. The number of benzene rings is 2. The lowest BCUT2D eigenvalue weighted by atomic mass is 10.0. The van der Waals surface area contributed by atoms with Crippen LogP contribution in [0.5, 0.6) is 5.75 Å². The van der Waals surface area contributed by atoms with Gasteiger partial charge in [-0.3, -0.25) is 4.79 Å². The number of hydrogen-bond acceptors (Lipinski definition) is 3. The number of carbonyl (C=O) groups excluding carboxylic acids is 1. The lowest BCUT2D eigenvalue weighted by Gasteiger charge is -2.20. The van der Waals surface area contributed by atoms with Crippen LogP contribution in [0.25, 0.3) is 0 Å². The Morgan fingerprint density at radius 3 is 2.68 bits per heavy atom. The second-order valence-electron chi connectivity index (χ2n) is 5.95. The highest BCUT2D eigenvalue weighted by Gasteiger charge is 2.21. The number of aromatic nitrogens is 2. The molecule has 5 heteroatoms. The van der Waals surface area contributed by atoms with Crippen molar-refractivity contribution >= 4 is 5.91 Å². The minimum absolute atomic E-state index is 0.173. The topological polar surface area (TPSA) is 56.1 Å². The zero-order chi connectivity index (χ0) is 17.8. The minimum atomic E-state index is -0.335. The fourth-order valence-electron chi connectivity index (χ4n) is 2.78.